The molecule has 0 saturated carbocycles. The topological polar surface area (TPSA) is 123 Å². The summed E-state index contributed by atoms with van der Waals surface area (Å²) in [5, 5.41) is 3.27. The van der Waals surface area contributed by atoms with Gasteiger partial charge in [-0.2, -0.15) is 0 Å². The molecule has 32 heavy (non-hydrogen) atoms. The molecule has 1 aliphatic rings. The maximum absolute atomic E-state index is 13.1. The molecule has 10 nitrogen and oxygen atoms in total. The fraction of sp³-hybridized carbons (Fsp3) is 0.429. The number of carbonyl (C=O) groups is 2. The average molecular weight is 463 g/mol. The number of Topliss-reactive ketones (excluding diaryl/α,β-unsaturated/α-hetero) is 1. The number of nitrogens with one attached hydrogen (secondary N) is 1. The highest BCUT2D eigenvalue weighted by Gasteiger charge is 2.30. The van der Waals surface area contributed by atoms with E-state index in [1.165, 1.54) is 14.1 Å². The van der Waals surface area contributed by atoms with Crippen LogP contribution >= 0.6 is 11.6 Å². The van der Waals surface area contributed by atoms with Crippen molar-refractivity contribution < 1.29 is 9.59 Å². The van der Waals surface area contributed by atoms with E-state index in [-0.39, 0.29) is 23.8 Å². The Hall–Kier alpha value is -2.95. The number of ketones is 1. The van der Waals surface area contributed by atoms with Gasteiger partial charge in [-0.1, -0.05) is 23.7 Å². The molecule has 3 N–H and O–H groups in total. The van der Waals surface area contributed by atoms with Crippen LogP contribution in [-0.2, 0) is 18.9 Å². The molecule has 0 bridgehead atoms. The number of hydrogen-bond acceptors (Lipinski definition) is 7. The van der Waals surface area contributed by atoms with Crippen LogP contribution in [-0.4, -0.2) is 69.4 Å². The summed E-state index contributed by atoms with van der Waals surface area (Å²) in [6, 6.07) is 6.43. The Kier molecular flexibility index (Phi) is 7.17. The molecule has 1 aliphatic heterocycles. The molecule has 2 heterocycles. The van der Waals surface area contributed by atoms with E-state index in [2.05, 4.69) is 5.32 Å². The molecule has 0 spiro atoms. The number of rotatable bonds is 6. The van der Waals surface area contributed by atoms with Gasteiger partial charge in [0.2, 0.25) is 5.91 Å². The van der Waals surface area contributed by atoms with E-state index in [1.54, 1.807) is 31.2 Å². The van der Waals surface area contributed by atoms with Gasteiger partial charge >= 0.3 is 5.69 Å². The molecule has 0 aliphatic carbocycles. The molecular weight excluding hydrogens is 436 g/mol. The standard InChI is InChI=1S/C21H27ClN6O4/c1-13(18(30)17-19(23)25(2)21(32)26(3)20(17)31)28-10-8-27(9-11-28)12-16(29)24-15-7-5-4-6-14(15)22/h4-7,13H,8-12,23H2,1-3H3,(H,24,29). The number of hydrogen-bond donors (Lipinski definition) is 2. The smallest absolute Gasteiger partial charge is 0.332 e. The van der Waals surface area contributed by atoms with Crippen molar-refractivity contribution in [3.63, 3.8) is 0 Å². The lowest BCUT2D eigenvalue weighted by Crippen LogP contribution is -2.54. The Morgan fingerprint density at radius 1 is 1.09 bits per heavy atom. The highest BCUT2D eigenvalue weighted by atomic mass is 35.5. The van der Waals surface area contributed by atoms with Gasteiger partial charge in [0.05, 0.1) is 23.3 Å². The average Bonchev–Trinajstić information content (AvgIpc) is 2.78. The van der Waals surface area contributed by atoms with Crippen LogP contribution in [0.5, 0.6) is 0 Å². The van der Waals surface area contributed by atoms with Crippen molar-refractivity contribution in [2.24, 2.45) is 14.1 Å². The number of carbonyl (C=O) groups excluding carboxylic acids is 2. The first kappa shape index (κ1) is 23.7. The Morgan fingerprint density at radius 3 is 2.34 bits per heavy atom. The second kappa shape index (κ2) is 9.68. The van der Waals surface area contributed by atoms with Crippen LogP contribution in [0.2, 0.25) is 5.02 Å². The van der Waals surface area contributed by atoms with Crippen molar-refractivity contribution in [2.45, 2.75) is 13.0 Å². The third-order valence-corrected chi connectivity index (χ3v) is 6.14. The highest BCUT2D eigenvalue weighted by molar-refractivity contribution is 6.33. The predicted molar refractivity (Wildman–Crippen MR) is 123 cm³/mol. The van der Waals surface area contributed by atoms with Crippen LogP contribution in [0.25, 0.3) is 0 Å². The molecule has 0 radical (unpaired) electrons. The summed E-state index contributed by atoms with van der Waals surface area (Å²) >= 11 is 6.08. The highest BCUT2D eigenvalue weighted by Crippen LogP contribution is 2.20. The monoisotopic (exact) mass is 462 g/mol. The van der Waals surface area contributed by atoms with Crippen molar-refractivity contribution in [3.05, 3.63) is 55.7 Å². The largest absolute Gasteiger partial charge is 0.384 e. The minimum atomic E-state index is -0.697. The van der Waals surface area contributed by atoms with Gasteiger partial charge in [0.1, 0.15) is 11.4 Å². The number of anilines is 2. The van der Waals surface area contributed by atoms with E-state index in [1.807, 2.05) is 9.80 Å². The SMILES string of the molecule is CC(C(=O)c1c(N)n(C)c(=O)n(C)c1=O)N1CCN(CC(=O)Nc2ccccc2Cl)CC1. The van der Waals surface area contributed by atoms with Crippen molar-refractivity contribution in [3.8, 4) is 0 Å². The first-order valence-corrected chi connectivity index (χ1v) is 10.6. The van der Waals surface area contributed by atoms with Gasteiger partial charge in [0.15, 0.2) is 5.78 Å². The van der Waals surface area contributed by atoms with E-state index >= 15 is 0 Å². The second-order valence-corrected chi connectivity index (χ2v) is 8.25. The van der Waals surface area contributed by atoms with Gasteiger partial charge in [0.25, 0.3) is 5.56 Å². The molecule has 1 aromatic heterocycles. The van der Waals surface area contributed by atoms with Crippen molar-refractivity contribution in [1.29, 1.82) is 0 Å². The molecule has 11 heteroatoms. The van der Waals surface area contributed by atoms with Gasteiger partial charge in [-0.25, -0.2) is 4.79 Å². The molecule has 1 unspecified atom stereocenters. The van der Waals surface area contributed by atoms with Gasteiger partial charge in [-0.15, -0.1) is 0 Å². The molecule has 1 saturated heterocycles. The summed E-state index contributed by atoms with van der Waals surface area (Å²) in [6.07, 6.45) is 0. The van der Waals surface area contributed by atoms with Crippen molar-refractivity contribution in [1.82, 2.24) is 18.9 Å². The third-order valence-electron chi connectivity index (χ3n) is 5.81. The van der Waals surface area contributed by atoms with Crippen LogP contribution in [0.4, 0.5) is 11.5 Å². The number of aromatic nitrogens is 2. The minimum Gasteiger partial charge on any atom is -0.384 e. The quantitative estimate of drug-likeness (QED) is 0.585. The molecule has 3 rings (SSSR count). The lowest BCUT2D eigenvalue weighted by atomic mass is 10.0. The van der Waals surface area contributed by atoms with Gasteiger partial charge < -0.3 is 11.1 Å². The van der Waals surface area contributed by atoms with E-state index in [9.17, 15) is 19.2 Å². The molecular formula is C21H27ClN6O4. The first-order valence-electron chi connectivity index (χ1n) is 10.2. The number of nitrogens with two attached hydrogens (primary N) is 1. The normalized spacial score (nSPS) is 16.0. The van der Waals surface area contributed by atoms with E-state index in [0.717, 1.165) is 9.13 Å². The van der Waals surface area contributed by atoms with Crippen LogP contribution < -0.4 is 22.3 Å². The summed E-state index contributed by atoms with van der Waals surface area (Å²) in [5.74, 6) is -0.731. The maximum atomic E-state index is 13.1. The van der Waals surface area contributed by atoms with Crippen LogP contribution in [0.1, 0.15) is 17.3 Å². The molecule has 1 amide bonds. The third kappa shape index (κ3) is 4.77. The lowest BCUT2D eigenvalue weighted by molar-refractivity contribution is -0.117. The predicted octanol–water partition coefficient (Wildman–Crippen LogP) is 0.147. The molecule has 1 atom stereocenters. The van der Waals surface area contributed by atoms with Crippen molar-refractivity contribution >= 4 is 34.8 Å². The van der Waals surface area contributed by atoms with E-state index in [0.29, 0.717) is 36.9 Å². The molecule has 172 valence electrons. The van der Waals surface area contributed by atoms with E-state index in [4.69, 9.17) is 17.3 Å². The Labute approximate surface area is 190 Å². The summed E-state index contributed by atoms with van der Waals surface area (Å²) in [6.45, 7) is 4.15. The van der Waals surface area contributed by atoms with Crippen LogP contribution in [0, 0.1) is 0 Å². The number of benzene rings is 1. The molecule has 1 aromatic carbocycles. The van der Waals surface area contributed by atoms with E-state index < -0.39 is 23.1 Å². The Balaban J connectivity index is 1.61. The minimum absolute atomic E-state index is 0.134. The number of halogens is 1. The maximum Gasteiger partial charge on any atom is 0.332 e. The summed E-state index contributed by atoms with van der Waals surface area (Å²) in [4.78, 5) is 53.8. The molecule has 2 aromatic rings. The van der Waals surface area contributed by atoms with Crippen LogP contribution in [0.15, 0.2) is 33.9 Å². The number of nitrogens with zero attached hydrogens (tertiary/aromatic N) is 4. The second-order valence-electron chi connectivity index (χ2n) is 7.85. The Bertz CT molecular complexity index is 1150. The first-order chi connectivity index (χ1) is 15.1. The van der Waals surface area contributed by atoms with Gasteiger partial charge in [-0.3, -0.25) is 33.3 Å². The fourth-order valence-corrected chi connectivity index (χ4v) is 3.91. The number of para-hydroxylation sites is 1. The zero-order chi connectivity index (χ0) is 23.6. The zero-order valence-electron chi connectivity index (χ0n) is 18.3. The zero-order valence-corrected chi connectivity index (χ0v) is 19.1. The fourth-order valence-electron chi connectivity index (χ4n) is 3.73. The summed E-state index contributed by atoms with van der Waals surface area (Å²) in [7, 11) is 2.74. The van der Waals surface area contributed by atoms with Gasteiger partial charge in [-0.05, 0) is 19.1 Å². The van der Waals surface area contributed by atoms with Gasteiger partial charge in [0, 0.05) is 40.3 Å². The number of nitrogen functional groups attached to an aromatic ring is 1. The molecule has 1 fully saturated rings. The summed E-state index contributed by atoms with van der Waals surface area (Å²) < 4.78 is 1.97. The lowest BCUT2D eigenvalue weighted by Gasteiger charge is -2.37. The number of piperazine rings is 1. The van der Waals surface area contributed by atoms with Crippen LogP contribution in [0.3, 0.4) is 0 Å². The number of amides is 1. The Morgan fingerprint density at radius 2 is 1.72 bits per heavy atom. The summed E-state index contributed by atoms with van der Waals surface area (Å²) in [5.41, 5.74) is 5.03. The van der Waals surface area contributed by atoms with Crippen molar-refractivity contribution in [2.75, 3.05) is 43.8 Å².